The zero-order valence-corrected chi connectivity index (χ0v) is 13.6. The Morgan fingerprint density at radius 3 is 2.60 bits per heavy atom. The van der Waals surface area contributed by atoms with Crippen LogP contribution in [0.4, 0.5) is 0 Å². The average Bonchev–Trinajstić information content (AvgIpc) is 2.41. The van der Waals surface area contributed by atoms with Crippen molar-refractivity contribution >= 4 is 27.8 Å². The number of amides is 1. The van der Waals surface area contributed by atoms with E-state index >= 15 is 0 Å². The molecule has 0 bridgehead atoms. The summed E-state index contributed by atoms with van der Waals surface area (Å²) < 4.78 is 5.49. The summed E-state index contributed by atoms with van der Waals surface area (Å²) in [6.45, 7) is 5.07. The SMILES string of the molecule is COC(=O)CCN(CC(C)C)C(=O)c1cccc(Br)c1. The van der Waals surface area contributed by atoms with Gasteiger partial charge in [0.25, 0.3) is 5.91 Å². The van der Waals surface area contributed by atoms with E-state index in [-0.39, 0.29) is 18.3 Å². The second-order valence-corrected chi connectivity index (χ2v) is 5.90. The fourth-order valence-electron chi connectivity index (χ4n) is 1.85. The van der Waals surface area contributed by atoms with E-state index < -0.39 is 0 Å². The first-order valence-corrected chi connectivity index (χ1v) is 7.35. The van der Waals surface area contributed by atoms with Gasteiger partial charge in [-0.05, 0) is 24.1 Å². The highest BCUT2D eigenvalue weighted by atomic mass is 79.9. The molecule has 0 fully saturated rings. The zero-order chi connectivity index (χ0) is 15.1. The minimum Gasteiger partial charge on any atom is -0.469 e. The molecule has 0 saturated carbocycles. The van der Waals surface area contributed by atoms with Crippen molar-refractivity contribution in [3.05, 3.63) is 34.3 Å². The molecule has 0 atom stereocenters. The highest BCUT2D eigenvalue weighted by Gasteiger charge is 2.18. The van der Waals surface area contributed by atoms with E-state index in [1.165, 1.54) is 7.11 Å². The fourth-order valence-corrected chi connectivity index (χ4v) is 2.25. The van der Waals surface area contributed by atoms with Gasteiger partial charge in [0.05, 0.1) is 13.5 Å². The molecule has 0 aromatic heterocycles. The molecule has 0 unspecified atom stereocenters. The van der Waals surface area contributed by atoms with Crippen molar-refractivity contribution in [3.63, 3.8) is 0 Å². The van der Waals surface area contributed by atoms with E-state index in [0.29, 0.717) is 24.6 Å². The van der Waals surface area contributed by atoms with Gasteiger partial charge in [-0.2, -0.15) is 0 Å². The minimum absolute atomic E-state index is 0.0658. The van der Waals surface area contributed by atoms with Gasteiger partial charge in [-0.15, -0.1) is 0 Å². The molecule has 1 rings (SSSR count). The monoisotopic (exact) mass is 341 g/mol. The topological polar surface area (TPSA) is 46.6 Å². The zero-order valence-electron chi connectivity index (χ0n) is 12.1. The van der Waals surface area contributed by atoms with Crippen molar-refractivity contribution in [1.82, 2.24) is 4.90 Å². The predicted molar refractivity (Wildman–Crippen MR) is 81.5 cm³/mol. The molecule has 5 heteroatoms. The maximum atomic E-state index is 12.5. The van der Waals surface area contributed by atoms with Crippen LogP contribution in [-0.4, -0.2) is 37.0 Å². The fraction of sp³-hybridized carbons (Fsp3) is 0.467. The van der Waals surface area contributed by atoms with Gasteiger partial charge in [0.1, 0.15) is 0 Å². The third-order valence-electron chi connectivity index (χ3n) is 2.76. The van der Waals surface area contributed by atoms with Crippen LogP contribution in [0.25, 0.3) is 0 Å². The number of rotatable bonds is 6. The van der Waals surface area contributed by atoms with Gasteiger partial charge in [-0.3, -0.25) is 9.59 Å². The van der Waals surface area contributed by atoms with Crippen LogP contribution in [0.2, 0.25) is 0 Å². The Morgan fingerprint density at radius 1 is 1.35 bits per heavy atom. The molecule has 110 valence electrons. The number of carbonyl (C=O) groups is 2. The summed E-state index contributed by atoms with van der Waals surface area (Å²) in [5, 5.41) is 0. The van der Waals surface area contributed by atoms with Gasteiger partial charge in [0.2, 0.25) is 0 Å². The Kier molecular flexibility index (Phi) is 6.71. The molecule has 0 aliphatic carbocycles. The number of hydrogen-bond acceptors (Lipinski definition) is 3. The molecular weight excluding hydrogens is 322 g/mol. The van der Waals surface area contributed by atoms with Crippen LogP contribution in [0.5, 0.6) is 0 Å². The second kappa shape index (κ2) is 8.04. The summed E-state index contributed by atoms with van der Waals surface area (Å²) in [7, 11) is 1.35. The average molecular weight is 342 g/mol. The first-order valence-electron chi connectivity index (χ1n) is 6.55. The van der Waals surface area contributed by atoms with Crippen molar-refractivity contribution in [2.75, 3.05) is 20.2 Å². The molecule has 1 aromatic rings. The summed E-state index contributed by atoms with van der Waals surface area (Å²) >= 11 is 3.36. The number of halogens is 1. The lowest BCUT2D eigenvalue weighted by Crippen LogP contribution is -2.36. The van der Waals surface area contributed by atoms with Gasteiger partial charge in [0, 0.05) is 23.1 Å². The highest BCUT2D eigenvalue weighted by molar-refractivity contribution is 9.10. The van der Waals surface area contributed by atoms with Crippen molar-refractivity contribution in [1.29, 1.82) is 0 Å². The van der Waals surface area contributed by atoms with Gasteiger partial charge >= 0.3 is 5.97 Å². The number of esters is 1. The van der Waals surface area contributed by atoms with Crippen molar-refractivity contribution in [2.45, 2.75) is 20.3 Å². The lowest BCUT2D eigenvalue weighted by Gasteiger charge is -2.24. The molecule has 20 heavy (non-hydrogen) atoms. The molecule has 4 nitrogen and oxygen atoms in total. The lowest BCUT2D eigenvalue weighted by molar-refractivity contribution is -0.140. The van der Waals surface area contributed by atoms with Gasteiger partial charge < -0.3 is 9.64 Å². The number of methoxy groups -OCH3 is 1. The Bertz CT molecular complexity index is 474. The molecule has 0 aliphatic heterocycles. The number of hydrogen-bond donors (Lipinski definition) is 0. The normalized spacial score (nSPS) is 10.4. The second-order valence-electron chi connectivity index (χ2n) is 4.98. The Hall–Kier alpha value is -1.36. The van der Waals surface area contributed by atoms with Crippen LogP contribution in [-0.2, 0) is 9.53 Å². The van der Waals surface area contributed by atoms with Crippen LogP contribution in [0, 0.1) is 5.92 Å². The third kappa shape index (κ3) is 5.33. The smallest absolute Gasteiger partial charge is 0.307 e. The molecule has 0 aliphatic rings. The molecule has 0 saturated heterocycles. The van der Waals surface area contributed by atoms with Gasteiger partial charge in [-0.25, -0.2) is 0 Å². The van der Waals surface area contributed by atoms with E-state index in [1.807, 2.05) is 26.0 Å². The van der Waals surface area contributed by atoms with Crippen molar-refractivity contribution < 1.29 is 14.3 Å². The van der Waals surface area contributed by atoms with Crippen LogP contribution < -0.4 is 0 Å². The van der Waals surface area contributed by atoms with Crippen molar-refractivity contribution in [3.8, 4) is 0 Å². The van der Waals surface area contributed by atoms with E-state index in [9.17, 15) is 9.59 Å². The highest BCUT2D eigenvalue weighted by Crippen LogP contribution is 2.14. The van der Waals surface area contributed by atoms with E-state index in [2.05, 4.69) is 20.7 Å². The maximum Gasteiger partial charge on any atom is 0.307 e. The van der Waals surface area contributed by atoms with Gasteiger partial charge in [0.15, 0.2) is 0 Å². The molecule has 0 spiro atoms. The van der Waals surface area contributed by atoms with Crippen molar-refractivity contribution in [2.24, 2.45) is 5.92 Å². The number of benzene rings is 1. The maximum absolute atomic E-state index is 12.5. The van der Waals surface area contributed by atoms with Crippen LogP contribution >= 0.6 is 15.9 Å². The van der Waals surface area contributed by atoms with E-state index in [1.54, 1.807) is 17.0 Å². The summed E-state index contributed by atoms with van der Waals surface area (Å²) in [6, 6.07) is 7.26. The summed E-state index contributed by atoms with van der Waals surface area (Å²) in [5.41, 5.74) is 0.616. The quantitative estimate of drug-likeness (QED) is 0.747. The Labute approximate surface area is 128 Å². The molecule has 0 heterocycles. The largest absolute Gasteiger partial charge is 0.469 e. The summed E-state index contributed by atoms with van der Waals surface area (Å²) in [4.78, 5) is 25.4. The van der Waals surface area contributed by atoms with Crippen LogP contribution in [0.15, 0.2) is 28.7 Å². The molecular formula is C15H20BrNO3. The predicted octanol–water partition coefficient (Wildman–Crippen LogP) is 3.11. The first kappa shape index (κ1) is 16.7. The summed E-state index contributed by atoms with van der Waals surface area (Å²) in [5.74, 6) is -0.0338. The van der Waals surface area contributed by atoms with Crippen LogP contribution in [0.1, 0.15) is 30.6 Å². The molecule has 1 aromatic carbocycles. The number of nitrogens with zero attached hydrogens (tertiary/aromatic N) is 1. The molecule has 0 radical (unpaired) electrons. The number of ether oxygens (including phenoxy) is 1. The Balaban J connectivity index is 2.81. The molecule has 1 amide bonds. The number of carbonyl (C=O) groups excluding carboxylic acids is 2. The van der Waals surface area contributed by atoms with E-state index in [0.717, 1.165) is 4.47 Å². The van der Waals surface area contributed by atoms with E-state index in [4.69, 9.17) is 0 Å². The van der Waals surface area contributed by atoms with Crippen LogP contribution in [0.3, 0.4) is 0 Å². The standard InChI is InChI=1S/C15H20BrNO3/c1-11(2)10-17(8-7-14(18)20-3)15(19)12-5-4-6-13(16)9-12/h4-6,9,11H,7-8,10H2,1-3H3. The summed E-state index contributed by atoms with van der Waals surface area (Å²) in [6.07, 6.45) is 0.211. The third-order valence-corrected chi connectivity index (χ3v) is 3.25. The Morgan fingerprint density at radius 2 is 2.05 bits per heavy atom. The van der Waals surface area contributed by atoms with Gasteiger partial charge in [-0.1, -0.05) is 35.8 Å². The molecule has 0 N–H and O–H groups in total. The lowest BCUT2D eigenvalue weighted by atomic mass is 10.1. The first-order chi connectivity index (χ1) is 9.43. The minimum atomic E-state index is -0.305.